The van der Waals surface area contributed by atoms with E-state index in [2.05, 4.69) is 5.32 Å². The zero-order valence-electron chi connectivity index (χ0n) is 11.1. The van der Waals surface area contributed by atoms with Gasteiger partial charge in [-0.1, -0.05) is 36.4 Å². The molecule has 3 rings (SSSR count). The summed E-state index contributed by atoms with van der Waals surface area (Å²) in [6.07, 6.45) is 0. The molecule has 3 aromatic rings. The molecular formula is C16H14NO3P. The molecule has 0 bridgehead atoms. The molecule has 0 aromatic heterocycles. The number of nitrogens with one attached hydrogen (secondary N) is 1. The lowest BCUT2D eigenvalue weighted by Gasteiger charge is -2.10. The van der Waals surface area contributed by atoms with E-state index in [1.165, 1.54) is 12.1 Å². The minimum absolute atomic E-state index is 0.00768. The molecule has 106 valence electrons. The number of fused-ring (bicyclic) bond motifs is 1. The molecule has 0 heterocycles. The van der Waals surface area contributed by atoms with Gasteiger partial charge in [-0.05, 0) is 41.1 Å². The van der Waals surface area contributed by atoms with Crippen LogP contribution in [0.5, 0.6) is 0 Å². The smallest absolute Gasteiger partial charge is 0.355 e. The summed E-state index contributed by atoms with van der Waals surface area (Å²) in [6, 6.07) is 20.2. The van der Waals surface area contributed by atoms with Crippen LogP contribution in [0.3, 0.4) is 0 Å². The Hall–Kier alpha value is -2.13. The van der Waals surface area contributed by atoms with Gasteiger partial charge in [0, 0.05) is 11.4 Å². The molecular weight excluding hydrogens is 285 g/mol. The van der Waals surface area contributed by atoms with Crippen LogP contribution >= 0.6 is 7.60 Å². The van der Waals surface area contributed by atoms with Gasteiger partial charge in [-0.2, -0.15) is 0 Å². The second kappa shape index (κ2) is 5.34. The Morgan fingerprint density at radius 3 is 2.24 bits per heavy atom. The van der Waals surface area contributed by atoms with E-state index in [-0.39, 0.29) is 5.30 Å². The van der Waals surface area contributed by atoms with Crippen LogP contribution in [0, 0.1) is 0 Å². The van der Waals surface area contributed by atoms with Crippen molar-refractivity contribution >= 4 is 35.0 Å². The lowest BCUT2D eigenvalue weighted by atomic mass is 10.1. The highest BCUT2D eigenvalue weighted by Gasteiger charge is 2.16. The summed E-state index contributed by atoms with van der Waals surface area (Å²) in [4.78, 5) is 18.4. The first kappa shape index (κ1) is 13.8. The van der Waals surface area contributed by atoms with Crippen molar-refractivity contribution in [1.82, 2.24) is 0 Å². The summed E-state index contributed by atoms with van der Waals surface area (Å²) in [5.41, 5.74) is 1.52. The highest BCUT2D eigenvalue weighted by atomic mass is 31.2. The van der Waals surface area contributed by atoms with Crippen molar-refractivity contribution in [1.29, 1.82) is 0 Å². The van der Waals surface area contributed by atoms with E-state index in [4.69, 9.17) is 0 Å². The molecule has 0 atom stereocenters. The van der Waals surface area contributed by atoms with Crippen molar-refractivity contribution in [3.8, 4) is 0 Å². The van der Waals surface area contributed by atoms with E-state index >= 15 is 0 Å². The van der Waals surface area contributed by atoms with Gasteiger partial charge in [-0.15, -0.1) is 0 Å². The second-order valence-electron chi connectivity index (χ2n) is 4.78. The average Bonchev–Trinajstić information content (AvgIpc) is 2.46. The Labute approximate surface area is 122 Å². The maximum atomic E-state index is 11.3. The molecule has 0 unspecified atom stereocenters. The molecule has 0 saturated carbocycles. The van der Waals surface area contributed by atoms with Crippen LogP contribution in [-0.2, 0) is 4.57 Å². The first-order chi connectivity index (χ1) is 10.0. The van der Waals surface area contributed by atoms with Gasteiger partial charge in [0.2, 0.25) is 0 Å². The lowest BCUT2D eigenvalue weighted by molar-refractivity contribution is 0.387. The minimum Gasteiger partial charge on any atom is -0.355 e. The highest BCUT2D eigenvalue weighted by molar-refractivity contribution is 7.60. The fourth-order valence-electron chi connectivity index (χ4n) is 2.20. The fraction of sp³-hybridized carbons (Fsp3) is 0. The monoisotopic (exact) mass is 299 g/mol. The van der Waals surface area contributed by atoms with Crippen LogP contribution in [0.25, 0.3) is 10.8 Å². The number of anilines is 2. The van der Waals surface area contributed by atoms with Crippen molar-refractivity contribution in [3.05, 3.63) is 66.7 Å². The Kier molecular flexibility index (Phi) is 3.52. The predicted octanol–water partition coefficient (Wildman–Crippen LogP) is 3.39. The standard InChI is InChI=1S/C16H14NO3P/c18-21(19,20)16-7-3-6-14(11-16)17-15-9-8-12-4-1-2-5-13(12)10-15/h1-11,17H,(H2,18,19,20). The molecule has 0 aliphatic carbocycles. The second-order valence-corrected chi connectivity index (χ2v) is 6.39. The van der Waals surface area contributed by atoms with Crippen molar-refractivity contribution in [3.63, 3.8) is 0 Å². The van der Waals surface area contributed by atoms with Crippen molar-refractivity contribution in [2.24, 2.45) is 0 Å². The summed E-state index contributed by atoms with van der Waals surface area (Å²) in [6.45, 7) is 0. The summed E-state index contributed by atoms with van der Waals surface area (Å²) in [5, 5.41) is 5.42. The molecule has 0 radical (unpaired) electrons. The minimum atomic E-state index is -4.23. The third-order valence-corrected chi connectivity index (χ3v) is 4.17. The van der Waals surface area contributed by atoms with E-state index in [0.717, 1.165) is 16.5 Å². The van der Waals surface area contributed by atoms with Gasteiger partial charge in [-0.25, -0.2) is 0 Å². The summed E-state index contributed by atoms with van der Waals surface area (Å²) in [5.74, 6) is 0. The molecule has 0 aliphatic heterocycles. The molecule has 5 heteroatoms. The molecule has 0 spiro atoms. The molecule has 0 saturated heterocycles. The summed E-state index contributed by atoms with van der Waals surface area (Å²) < 4.78 is 11.3. The molecule has 4 nitrogen and oxygen atoms in total. The lowest BCUT2D eigenvalue weighted by Crippen LogP contribution is -2.04. The van der Waals surface area contributed by atoms with E-state index in [0.29, 0.717) is 5.69 Å². The fourth-order valence-corrected chi connectivity index (χ4v) is 2.79. The molecule has 21 heavy (non-hydrogen) atoms. The number of benzene rings is 3. The van der Waals surface area contributed by atoms with Crippen LogP contribution < -0.4 is 10.6 Å². The largest absolute Gasteiger partial charge is 0.356 e. The highest BCUT2D eigenvalue weighted by Crippen LogP contribution is 2.34. The summed E-state index contributed by atoms with van der Waals surface area (Å²) in [7, 11) is -4.23. The Balaban J connectivity index is 1.93. The molecule has 3 aromatic carbocycles. The average molecular weight is 299 g/mol. The van der Waals surface area contributed by atoms with Crippen LogP contribution in [0.1, 0.15) is 0 Å². The van der Waals surface area contributed by atoms with Crippen molar-refractivity contribution < 1.29 is 14.4 Å². The molecule has 0 amide bonds. The third-order valence-electron chi connectivity index (χ3n) is 3.22. The number of rotatable bonds is 3. The normalized spacial score (nSPS) is 11.5. The Bertz CT molecular complexity index is 842. The zero-order valence-corrected chi connectivity index (χ0v) is 12.0. The Morgan fingerprint density at radius 2 is 1.48 bits per heavy atom. The van der Waals surface area contributed by atoms with E-state index in [1.54, 1.807) is 12.1 Å². The van der Waals surface area contributed by atoms with Crippen molar-refractivity contribution in [2.45, 2.75) is 0 Å². The van der Waals surface area contributed by atoms with Gasteiger partial charge >= 0.3 is 7.60 Å². The zero-order chi connectivity index (χ0) is 14.9. The van der Waals surface area contributed by atoms with Crippen molar-refractivity contribution in [2.75, 3.05) is 5.32 Å². The first-order valence-electron chi connectivity index (χ1n) is 6.44. The van der Waals surface area contributed by atoms with Gasteiger partial charge in [0.1, 0.15) is 0 Å². The van der Waals surface area contributed by atoms with Gasteiger partial charge in [0.05, 0.1) is 5.30 Å². The quantitative estimate of drug-likeness (QED) is 0.648. The number of hydrogen-bond donors (Lipinski definition) is 3. The van der Waals surface area contributed by atoms with Gasteiger partial charge in [0.15, 0.2) is 0 Å². The summed E-state index contributed by atoms with van der Waals surface area (Å²) >= 11 is 0. The van der Waals surface area contributed by atoms with Gasteiger partial charge in [0.25, 0.3) is 0 Å². The first-order valence-corrected chi connectivity index (χ1v) is 8.06. The van der Waals surface area contributed by atoms with E-state index < -0.39 is 7.60 Å². The van der Waals surface area contributed by atoms with Gasteiger partial charge in [-0.3, -0.25) is 4.57 Å². The molecule has 3 N–H and O–H groups in total. The van der Waals surface area contributed by atoms with E-state index in [9.17, 15) is 14.4 Å². The molecule has 0 fully saturated rings. The van der Waals surface area contributed by atoms with Crippen LogP contribution in [-0.4, -0.2) is 9.79 Å². The third kappa shape index (κ3) is 3.14. The topological polar surface area (TPSA) is 69.6 Å². The maximum Gasteiger partial charge on any atom is 0.356 e. The van der Waals surface area contributed by atoms with Crippen LogP contribution in [0.15, 0.2) is 66.7 Å². The maximum absolute atomic E-state index is 11.3. The number of hydrogen-bond acceptors (Lipinski definition) is 2. The predicted molar refractivity (Wildman–Crippen MR) is 85.4 cm³/mol. The Morgan fingerprint density at radius 1 is 0.762 bits per heavy atom. The SMILES string of the molecule is O=P(O)(O)c1cccc(Nc2ccc3ccccc3c2)c1. The molecule has 0 aliphatic rings. The van der Waals surface area contributed by atoms with Crippen LogP contribution in [0.2, 0.25) is 0 Å². The van der Waals surface area contributed by atoms with Crippen LogP contribution in [0.4, 0.5) is 11.4 Å². The van der Waals surface area contributed by atoms with E-state index in [1.807, 2.05) is 42.5 Å². The van der Waals surface area contributed by atoms with Gasteiger partial charge < -0.3 is 15.1 Å².